The number of nitrogens with one attached hydrogen (secondary N) is 1. The van der Waals surface area contributed by atoms with Gasteiger partial charge in [0.15, 0.2) is 0 Å². The molecule has 94 valence electrons. The Labute approximate surface area is 108 Å². The van der Waals surface area contributed by atoms with Crippen molar-refractivity contribution in [2.45, 2.75) is 39.2 Å². The largest absolute Gasteiger partial charge is 0.349 e. The van der Waals surface area contributed by atoms with Crippen LogP contribution in [0.25, 0.3) is 0 Å². The molecule has 1 saturated carbocycles. The van der Waals surface area contributed by atoms with Crippen molar-refractivity contribution < 1.29 is 4.79 Å². The van der Waals surface area contributed by atoms with Crippen LogP contribution < -0.4 is 5.32 Å². The molecular weight excluding hydrogens is 224 g/mol. The summed E-state index contributed by atoms with van der Waals surface area (Å²) >= 11 is 0. The van der Waals surface area contributed by atoms with Gasteiger partial charge in [-0.1, -0.05) is 26.3 Å². The van der Waals surface area contributed by atoms with Crippen LogP contribution in [0, 0.1) is 16.7 Å². The maximum atomic E-state index is 12.1. The lowest BCUT2D eigenvalue weighted by molar-refractivity contribution is 0.0910. The average molecular weight is 242 g/mol. The fraction of sp³-hybridized carbons (Fsp3) is 0.467. The van der Waals surface area contributed by atoms with Crippen molar-refractivity contribution in [3.63, 3.8) is 0 Å². The number of rotatable bonds is 2. The molecule has 1 aliphatic rings. The summed E-state index contributed by atoms with van der Waals surface area (Å²) in [5.74, 6) is -0.0768. The maximum Gasteiger partial charge on any atom is 0.251 e. The van der Waals surface area contributed by atoms with E-state index in [-0.39, 0.29) is 17.4 Å². The van der Waals surface area contributed by atoms with E-state index >= 15 is 0 Å². The summed E-state index contributed by atoms with van der Waals surface area (Å²) in [7, 11) is 0. The molecule has 0 heterocycles. The van der Waals surface area contributed by atoms with Gasteiger partial charge in [0, 0.05) is 11.6 Å². The van der Waals surface area contributed by atoms with Crippen LogP contribution in [-0.2, 0) is 0 Å². The van der Waals surface area contributed by atoms with E-state index in [2.05, 4.69) is 25.2 Å². The molecule has 0 spiro atoms. The standard InChI is InChI=1S/C15H18N2O/c1-15(2)8-4-7-13(15)17-14(18)12-6-3-5-11(9-12)10-16/h3,5-6,9,13H,4,7-8H2,1-2H3,(H,17,18). The molecule has 0 bridgehead atoms. The molecule has 18 heavy (non-hydrogen) atoms. The van der Waals surface area contributed by atoms with E-state index < -0.39 is 0 Å². The number of carbonyl (C=O) groups is 1. The van der Waals surface area contributed by atoms with E-state index in [9.17, 15) is 4.79 Å². The van der Waals surface area contributed by atoms with Crippen LogP contribution in [0.4, 0.5) is 0 Å². The minimum atomic E-state index is -0.0768. The van der Waals surface area contributed by atoms with Crippen molar-refractivity contribution in [1.29, 1.82) is 5.26 Å². The third-order valence-electron chi connectivity index (χ3n) is 3.82. The van der Waals surface area contributed by atoms with E-state index in [0.717, 1.165) is 19.3 Å². The number of nitrogens with zero attached hydrogens (tertiary/aromatic N) is 1. The van der Waals surface area contributed by atoms with Crippen LogP contribution in [0.5, 0.6) is 0 Å². The summed E-state index contributed by atoms with van der Waals surface area (Å²) in [4.78, 5) is 12.1. The Hall–Kier alpha value is -1.82. The Kier molecular flexibility index (Phi) is 3.38. The number of carbonyl (C=O) groups excluding carboxylic acids is 1. The SMILES string of the molecule is CC1(C)CCCC1NC(=O)c1cccc(C#N)c1. The summed E-state index contributed by atoms with van der Waals surface area (Å²) in [6, 6.07) is 9.12. The van der Waals surface area contributed by atoms with Gasteiger partial charge in [-0.3, -0.25) is 4.79 Å². The summed E-state index contributed by atoms with van der Waals surface area (Å²) < 4.78 is 0. The van der Waals surface area contributed by atoms with Crippen molar-refractivity contribution in [3.8, 4) is 6.07 Å². The van der Waals surface area contributed by atoms with Crippen LogP contribution in [0.1, 0.15) is 49.0 Å². The third-order valence-corrected chi connectivity index (χ3v) is 3.82. The van der Waals surface area contributed by atoms with Gasteiger partial charge < -0.3 is 5.32 Å². The monoisotopic (exact) mass is 242 g/mol. The van der Waals surface area contributed by atoms with Gasteiger partial charge >= 0.3 is 0 Å². The molecule has 1 N–H and O–H groups in total. The normalized spacial score (nSPS) is 21.3. The molecule has 0 aliphatic heterocycles. The predicted octanol–water partition coefficient (Wildman–Crippen LogP) is 2.87. The molecule has 3 heteroatoms. The summed E-state index contributed by atoms with van der Waals surface area (Å²) in [5.41, 5.74) is 1.26. The van der Waals surface area contributed by atoms with Gasteiger partial charge in [-0.05, 0) is 36.5 Å². The second-order valence-corrected chi connectivity index (χ2v) is 5.60. The van der Waals surface area contributed by atoms with E-state index in [0.29, 0.717) is 11.1 Å². The molecule has 3 nitrogen and oxygen atoms in total. The molecule has 0 radical (unpaired) electrons. The Morgan fingerprint density at radius 2 is 2.28 bits per heavy atom. The van der Waals surface area contributed by atoms with Crippen LogP contribution in [-0.4, -0.2) is 11.9 Å². The highest BCUT2D eigenvalue weighted by molar-refractivity contribution is 5.94. The zero-order chi connectivity index (χ0) is 13.2. The van der Waals surface area contributed by atoms with Gasteiger partial charge in [0.05, 0.1) is 11.6 Å². The fourth-order valence-electron chi connectivity index (χ4n) is 2.57. The van der Waals surface area contributed by atoms with Crippen LogP contribution in [0.15, 0.2) is 24.3 Å². The second-order valence-electron chi connectivity index (χ2n) is 5.60. The van der Waals surface area contributed by atoms with Gasteiger partial charge in [-0.15, -0.1) is 0 Å². The Balaban J connectivity index is 2.10. The first-order valence-corrected chi connectivity index (χ1v) is 6.34. The van der Waals surface area contributed by atoms with Gasteiger partial charge in [0.2, 0.25) is 0 Å². The molecule has 1 aliphatic carbocycles. The molecule has 1 aromatic rings. The number of hydrogen-bond acceptors (Lipinski definition) is 2. The molecule has 0 aromatic heterocycles. The van der Waals surface area contributed by atoms with Gasteiger partial charge in [-0.25, -0.2) is 0 Å². The molecular formula is C15H18N2O. The van der Waals surface area contributed by atoms with Crippen LogP contribution >= 0.6 is 0 Å². The lowest BCUT2D eigenvalue weighted by Gasteiger charge is -2.27. The quantitative estimate of drug-likeness (QED) is 0.867. The zero-order valence-electron chi connectivity index (χ0n) is 10.9. The van der Waals surface area contributed by atoms with Gasteiger partial charge in [0.25, 0.3) is 5.91 Å². The highest BCUT2D eigenvalue weighted by atomic mass is 16.1. The van der Waals surface area contributed by atoms with Crippen molar-refractivity contribution >= 4 is 5.91 Å². The summed E-state index contributed by atoms with van der Waals surface area (Å²) in [6.07, 6.45) is 3.35. The first-order valence-electron chi connectivity index (χ1n) is 6.34. The Bertz CT molecular complexity index is 499. The van der Waals surface area contributed by atoms with Gasteiger partial charge in [0.1, 0.15) is 0 Å². The first-order chi connectivity index (χ1) is 8.53. The number of nitriles is 1. The lowest BCUT2D eigenvalue weighted by atomic mass is 9.87. The van der Waals surface area contributed by atoms with E-state index in [1.165, 1.54) is 0 Å². The van der Waals surface area contributed by atoms with E-state index in [4.69, 9.17) is 5.26 Å². The van der Waals surface area contributed by atoms with Crippen LogP contribution in [0.2, 0.25) is 0 Å². The fourth-order valence-corrected chi connectivity index (χ4v) is 2.57. The minimum absolute atomic E-state index is 0.0768. The molecule has 1 atom stereocenters. The van der Waals surface area contributed by atoms with Crippen molar-refractivity contribution in [3.05, 3.63) is 35.4 Å². The first kappa shape index (κ1) is 12.6. The smallest absolute Gasteiger partial charge is 0.251 e. The molecule has 1 unspecified atom stereocenters. The van der Waals surface area contributed by atoms with Crippen molar-refractivity contribution in [2.75, 3.05) is 0 Å². The Morgan fingerprint density at radius 3 is 2.89 bits per heavy atom. The highest BCUT2D eigenvalue weighted by Gasteiger charge is 2.35. The summed E-state index contributed by atoms with van der Waals surface area (Å²) in [6.45, 7) is 4.38. The minimum Gasteiger partial charge on any atom is -0.349 e. The number of benzene rings is 1. The van der Waals surface area contributed by atoms with Crippen molar-refractivity contribution in [2.24, 2.45) is 5.41 Å². The van der Waals surface area contributed by atoms with E-state index in [1.54, 1.807) is 24.3 Å². The zero-order valence-corrected chi connectivity index (χ0v) is 10.9. The summed E-state index contributed by atoms with van der Waals surface area (Å²) in [5, 5.41) is 11.9. The lowest BCUT2D eigenvalue weighted by Crippen LogP contribution is -2.41. The number of amides is 1. The highest BCUT2D eigenvalue weighted by Crippen LogP contribution is 2.37. The average Bonchev–Trinajstić information content (AvgIpc) is 2.69. The van der Waals surface area contributed by atoms with Crippen LogP contribution in [0.3, 0.4) is 0 Å². The topological polar surface area (TPSA) is 52.9 Å². The van der Waals surface area contributed by atoms with Crippen molar-refractivity contribution in [1.82, 2.24) is 5.32 Å². The number of hydrogen-bond donors (Lipinski definition) is 1. The second kappa shape index (κ2) is 4.81. The molecule has 2 rings (SSSR count). The molecule has 1 fully saturated rings. The predicted molar refractivity (Wildman–Crippen MR) is 70.0 cm³/mol. The third kappa shape index (κ3) is 2.53. The van der Waals surface area contributed by atoms with Gasteiger partial charge in [-0.2, -0.15) is 5.26 Å². The molecule has 1 aromatic carbocycles. The Morgan fingerprint density at radius 1 is 1.50 bits per heavy atom. The maximum absolute atomic E-state index is 12.1. The molecule has 1 amide bonds. The van der Waals surface area contributed by atoms with E-state index in [1.807, 2.05) is 0 Å². The molecule has 0 saturated heterocycles.